The lowest BCUT2D eigenvalue weighted by Gasteiger charge is -2.16. The zero-order chi connectivity index (χ0) is 11.4. The molecule has 1 aromatic carbocycles. The molecule has 0 bridgehead atoms. The highest BCUT2D eigenvalue weighted by atomic mass is 32.2. The van der Waals surface area contributed by atoms with Gasteiger partial charge in [-0.15, -0.1) is 0 Å². The van der Waals surface area contributed by atoms with Crippen molar-refractivity contribution in [1.82, 2.24) is 5.09 Å². The highest BCUT2D eigenvalue weighted by Gasteiger charge is 2.21. The van der Waals surface area contributed by atoms with Gasteiger partial charge in [0.2, 0.25) is 0 Å². The Bertz CT molecular complexity index is 436. The monoisotopic (exact) mass is 256 g/mol. The average Bonchev–Trinajstić information content (AvgIpc) is 2.70. The maximum absolute atomic E-state index is 12.1. The number of para-hydroxylation sites is 1. The molecule has 1 aromatic rings. The first-order chi connectivity index (χ1) is 7.66. The Labute approximate surface area is 99.0 Å². The van der Waals surface area contributed by atoms with Crippen molar-refractivity contribution in [2.75, 3.05) is 19.0 Å². The number of thioether (sulfide) groups is 1. The number of hydrogen-bond acceptors (Lipinski definition) is 4. The van der Waals surface area contributed by atoms with E-state index in [9.17, 15) is 4.57 Å². The van der Waals surface area contributed by atoms with Crippen molar-refractivity contribution in [1.29, 1.82) is 0 Å². The molecule has 0 aliphatic carbocycles. The van der Waals surface area contributed by atoms with Gasteiger partial charge in [-0.05, 0) is 12.1 Å². The average molecular weight is 256 g/mol. The quantitative estimate of drug-likeness (QED) is 0.844. The van der Waals surface area contributed by atoms with Crippen molar-refractivity contribution >= 4 is 24.4 Å². The Morgan fingerprint density at radius 3 is 2.81 bits per heavy atom. The predicted octanol–water partition coefficient (Wildman–Crippen LogP) is 2.58. The first-order valence-electron chi connectivity index (χ1n) is 4.93. The van der Waals surface area contributed by atoms with Crippen LogP contribution in [0.1, 0.15) is 0 Å². The highest BCUT2D eigenvalue weighted by Crippen LogP contribution is 2.39. The number of nitrogens with zero attached hydrogens (tertiary/aromatic N) is 1. The standard InChI is InChI=1S/C10H13N2O2PS/c1-15(13,12-10-11-7-8-16-10)14-9-5-3-2-4-6-9/h2-6H,7-8H2,1H3,(H,11,12,13). The molecule has 2 rings (SSSR count). The largest absolute Gasteiger partial charge is 0.429 e. The predicted molar refractivity (Wildman–Crippen MR) is 68.5 cm³/mol. The first kappa shape index (κ1) is 11.6. The third-order valence-electron chi connectivity index (χ3n) is 1.91. The lowest BCUT2D eigenvalue weighted by molar-refractivity contribution is 0.484. The summed E-state index contributed by atoms with van der Waals surface area (Å²) in [4.78, 5) is 4.18. The fraction of sp³-hybridized carbons (Fsp3) is 0.300. The number of hydrogen-bond donors (Lipinski definition) is 1. The first-order valence-corrected chi connectivity index (χ1v) is 7.99. The fourth-order valence-electron chi connectivity index (χ4n) is 1.28. The lowest BCUT2D eigenvalue weighted by atomic mass is 10.3. The zero-order valence-corrected chi connectivity index (χ0v) is 10.6. The molecule has 0 aromatic heterocycles. The van der Waals surface area contributed by atoms with Crippen molar-refractivity contribution in [2.24, 2.45) is 4.99 Å². The molecule has 0 radical (unpaired) electrons. The van der Waals surface area contributed by atoms with Crippen LogP contribution in [0, 0.1) is 0 Å². The molecule has 1 aliphatic heterocycles. The summed E-state index contributed by atoms with van der Waals surface area (Å²) >= 11 is 1.57. The Kier molecular flexibility index (Phi) is 3.56. The molecule has 0 spiro atoms. The van der Waals surface area contributed by atoms with E-state index in [0.717, 1.165) is 12.3 Å². The van der Waals surface area contributed by atoms with Gasteiger partial charge in [-0.1, -0.05) is 30.0 Å². The Morgan fingerprint density at radius 2 is 2.19 bits per heavy atom. The smallest absolute Gasteiger partial charge is 0.339 e. The zero-order valence-electron chi connectivity index (χ0n) is 8.92. The topological polar surface area (TPSA) is 50.7 Å². The van der Waals surface area contributed by atoms with Crippen LogP contribution in [0.15, 0.2) is 35.3 Å². The second kappa shape index (κ2) is 4.93. The van der Waals surface area contributed by atoms with Crippen LogP contribution in [0.3, 0.4) is 0 Å². The number of amidine groups is 1. The van der Waals surface area contributed by atoms with Crippen molar-refractivity contribution in [3.05, 3.63) is 30.3 Å². The van der Waals surface area contributed by atoms with Crippen LogP contribution in [0.4, 0.5) is 0 Å². The summed E-state index contributed by atoms with van der Waals surface area (Å²) in [5, 5.41) is 3.56. The molecule has 0 amide bonds. The van der Waals surface area contributed by atoms with Crippen LogP contribution in [-0.2, 0) is 4.57 Å². The third kappa shape index (κ3) is 3.29. The third-order valence-corrected chi connectivity index (χ3v) is 4.13. The van der Waals surface area contributed by atoms with Gasteiger partial charge in [-0.3, -0.25) is 14.6 Å². The summed E-state index contributed by atoms with van der Waals surface area (Å²) in [6.45, 7) is 2.33. The lowest BCUT2D eigenvalue weighted by Crippen LogP contribution is -2.18. The molecule has 6 heteroatoms. The minimum Gasteiger partial charge on any atom is -0.429 e. The Morgan fingerprint density at radius 1 is 1.44 bits per heavy atom. The highest BCUT2D eigenvalue weighted by molar-refractivity contribution is 8.14. The van der Waals surface area contributed by atoms with Gasteiger partial charge in [0.1, 0.15) is 5.75 Å². The van der Waals surface area contributed by atoms with Crippen molar-refractivity contribution in [3.63, 3.8) is 0 Å². The van der Waals surface area contributed by atoms with Crippen molar-refractivity contribution in [2.45, 2.75) is 0 Å². The molecule has 0 saturated heterocycles. The van der Waals surface area contributed by atoms with Gasteiger partial charge in [0.15, 0.2) is 5.17 Å². The molecular weight excluding hydrogens is 243 g/mol. The van der Waals surface area contributed by atoms with E-state index in [1.54, 1.807) is 30.6 Å². The molecule has 86 valence electrons. The number of benzene rings is 1. The van der Waals surface area contributed by atoms with Crippen molar-refractivity contribution < 1.29 is 9.09 Å². The summed E-state index contributed by atoms with van der Waals surface area (Å²) in [5.74, 6) is 1.54. The van der Waals surface area contributed by atoms with E-state index in [1.165, 1.54) is 0 Å². The molecule has 0 fully saturated rings. The summed E-state index contributed by atoms with van der Waals surface area (Å²) < 4.78 is 17.5. The van der Waals surface area contributed by atoms with Gasteiger partial charge in [0, 0.05) is 12.4 Å². The fourth-order valence-corrected chi connectivity index (χ4v) is 3.58. The van der Waals surface area contributed by atoms with Crippen LogP contribution < -0.4 is 9.61 Å². The minimum atomic E-state index is -2.87. The molecule has 0 saturated carbocycles. The molecule has 1 N–H and O–H groups in total. The molecule has 1 unspecified atom stereocenters. The molecule has 4 nitrogen and oxygen atoms in total. The SMILES string of the molecule is CP(=O)(NC1=NCCS1)Oc1ccccc1. The second-order valence-electron chi connectivity index (χ2n) is 3.40. The van der Waals surface area contributed by atoms with Gasteiger partial charge in [0.05, 0.1) is 6.54 Å². The van der Waals surface area contributed by atoms with E-state index >= 15 is 0 Å². The summed E-state index contributed by atoms with van der Waals surface area (Å²) in [7, 11) is -2.87. The van der Waals surface area contributed by atoms with Crippen LogP contribution in [0.5, 0.6) is 5.75 Å². The van der Waals surface area contributed by atoms with E-state index in [2.05, 4.69) is 10.1 Å². The van der Waals surface area contributed by atoms with E-state index in [0.29, 0.717) is 10.9 Å². The van der Waals surface area contributed by atoms with Crippen molar-refractivity contribution in [3.8, 4) is 5.75 Å². The summed E-state index contributed by atoms with van der Waals surface area (Å²) in [6, 6.07) is 9.13. The Hall–Kier alpha value is -0.930. The van der Waals surface area contributed by atoms with Crippen LogP contribution in [0.25, 0.3) is 0 Å². The van der Waals surface area contributed by atoms with Crippen LogP contribution in [0.2, 0.25) is 0 Å². The van der Waals surface area contributed by atoms with Gasteiger partial charge in [-0.2, -0.15) is 0 Å². The van der Waals surface area contributed by atoms with E-state index in [1.807, 2.05) is 18.2 Å². The van der Waals surface area contributed by atoms with Crippen LogP contribution in [-0.4, -0.2) is 24.1 Å². The number of rotatable bonds is 3. The molecule has 1 heterocycles. The van der Waals surface area contributed by atoms with Gasteiger partial charge in [-0.25, -0.2) is 0 Å². The van der Waals surface area contributed by atoms with Gasteiger partial charge >= 0.3 is 7.52 Å². The molecule has 1 atom stereocenters. The summed E-state index contributed by atoms with van der Waals surface area (Å²) in [5.41, 5.74) is 0. The second-order valence-corrected chi connectivity index (χ2v) is 6.58. The van der Waals surface area contributed by atoms with Crippen LogP contribution >= 0.6 is 19.3 Å². The molecule has 16 heavy (non-hydrogen) atoms. The molecule has 1 aliphatic rings. The summed E-state index contributed by atoms with van der Waals surface area (Å²) in [6.07, 6.45) is 0. The van der Waals surface area contributed by atoms with Gasteiger partial charge in [0.25, 0.3) is 0 Å². The minimum absolute atomic E-state index is 0.601. The number of aliphatic imine (C=N–C) groups is 1. The maximum atomic E-state index is 12.1. The maximum Gasteiger partial charge on any atom is 0.339 e. The number of nitrogens with one attached hydrogen (secondary N) is 1. The Balaban J connectivity index is 2.00. The van der Waals surface area contributed by atoms with E-state index in [4.69, 9.17) is 4.52 Å². The van der Waals surface area contributed by atoms with E-state index < -0.39 is 7.52 Å². The van der Waals surface area contributed by atoms with E-state index in [-0.39, 0.29) is 0 Å². The van der Waals surface area contributed by atoms with Gasteiger partial charge < -0.3 is 4.52 Å². The molecular formula is C10H13N2O2PS. The normalized spacial score (nSPS) is 18.7.